The van der Waals surface area contributed by atoms with E-state index in [9.17, 15) is 22.4 Å². The van der Waals surface area contributed by atoms with Crippen molar-refractivity contribution in [2.75, 3.05) is 22.5 Å². The molecule has 2 rings (SSSR count). The highest BCUT2D eigenvalue weighted by molar-refractivity contribution is 7.92. The van der Waals surface area contributed by atoms with Gasteiger partial charge in [-0.15, -0.1) is 0 Å². The number of anilines is 2. The van der Waals surface area contributed by atoms with Gasteiger partial charge in [-0.3, -0.25) is 9.10 Å². The second kappa shape index (κ2) is 8.83. The van der Waals surface area contributed by atoms with E-state index >= 15 is 0 Å². The van der Waals surface area contributed by atoms with E-state index in [-0.39, 0.29) is 17.9 Å². The van der Waals surface area contributed by atoms with Gasteiger partial charge in [0.25, 0.3) is 0 Å². The van der Waals surface area contributed by atoms with E-state index in [1.807, 2.05) is 0 Å². The number of carbonyl (C=O) groups is 2. The predicted octanol–water partition coefficient (Wildman–Crippen LogP) is 2.80. The van der Waals surface area contributed by atoms with E-state index in [1.165, 1.54) is 25.1 Å². The van der Waals surface area contributed by atoms with Gasteiger partial charge in [0.15, 0.2) is 0 Å². The summed E-state index contributed by atoms with van der Waals surface area (Å²) in [6.45, 7) is 3.31. The van der Waals surface area contributed by atoms with Crippen molar-refractivity contribution in [3.05, 3.63) is 59.9 Å². The summed E-state index contributed by atoms with van der Waals surface area (Å²) in [5.74, 6) is -1.67. The lowest BCUT2D eigenvalue weighted by Gasteiger charge is -2.28. The second-order valence-electron chi connectivity index (χ2n) is 6.00. The molecule has 0 saturated heterocycles. The van der Waals surface area contributed by atoms with E-state index in [2.05, 4.69) is 5.32 Å². The molecule has 0 aliphatic carbocycles. The molecule has 1 atom stereocenters. The summed E-state index contributed by atoms with van der Waals surface area (Å²) >= 11 is 0. The number of nitrogens with one attached hydrogen (secondary N) is 1. The first kappa shape index (κ1) is 21.4. The molecular weight excluding hydrogens is 387 g/mol. The molecule has 1 amide bonds. The molecule has 0 unspecified atom stereocenters. The molecular formula is C19H21FN2O5S. The highest BCUT2D eigenvalue weighted by Crippen LogP contribution is 2.22. The zero-order valence-electron chi connectivity index (χ0n) is 15.7. The molecule has 1 N–H and O–H groups in total. The van der Waals surface area contributed by atoms with Crippen LogP contribution < -0.4 is 9.62 Å². The number of nitrogens with zero attached hydrogens (tertiary/aromatic N) is 1. The van der Waals surface area contributed by atoms with Gasteiger partial charge >= 0.3 is 5.97 Å². The molecule has 9 heteroatoms. The first-order valence-electron chi connectivity index (χ1n) is 8.46. The largest absolute Gasteiger partial charge is 0.462 e. The molecule has 28 heavy (non-hydrogen) atoms. The molecule has 0 fully saturated rings. The maximum Gasteiger partial charge on any atom is 0.338 e. The lowest BCUT2D eigenvalue weighted by Crippen LogP contribution is -2.45. The third-order valence-corrected chi connectivity index (χ3v) is 5.05. The van der Waals surface area contributed by atoms with Crippen molar-refractivity contribution in [1.82, 2.24) is 0 Å². The van der Waals surface area contributed by atoms with Crippen LogP contribution >= 0.6 is 0 Å². The molecule has 0 spiro atoms. The molecule has 0 radical (unpaired) electrons. The van der Waals surface area contributed by atoms with Crippen LogP contribution in [0.25, 0.3) is 0 Å². The van der Waals surface area contributed by atoms with E-state index in [0.717, 1.165) is 22.7 Å². The van der Waals surface area contributed by atoms with Crippen molar-refractivity contribution in [3.8, 4) is 0 Å². The Kier molecular flexibility index (Phi) is 6.74. The molecule has 2 aromatic carbocycles. The number of hydrogen-bond acceptors (Lipinski definition) is 5. The number of amides is 1. The molecule has 2 aromatic rings. The van der Waals surface area contributed by atoms with Crippen molar-refractivity contribution < 1.29 is 27.1 Å². The Hall–Kier alpha value is -2.94. The number of halogens is 1. The standard InChI is InChI=1S/C19H21FN2O5S/c1-4-27-19(24)14-6-5-7-16(12-14)21-18(23)13(2)22(28(3,25)26)17-10-8-15(20)9-11-17/h5-13H,4H2,1-3H3,(H,21,23)/t13-/m0/s1. The van der Waals surface area contributed by atoms with Crippen LogP contribution in [0.15, 0.2) is 48.5 Å². The maximum absolute atomic E-state index is 13.2. The maximum atomic E-state index is 13.2. The Labute approximate surface area is 163 Å². The third kappa shape index (κ3) is 5.29. The highest BCUT2D eigenvalue weighted by atomic mass is 32.2. The SMILES string of the molecule is CCOC(=O)c1cccc(NC(=O)[C@H](C)N(c2ccc(F)cc2)S(C)(=O)=O)c1. The van der Waals surface area contributed by atoms with Crippen LogP contribution in [0, 0.1) is 5.82 Å². The van der Waals surface area contributed by atoms with Crippen LogP contribution in [0.5, 0.6) is 0 Å². The predicted molar refractivity (Wildman–Crippen MR) is 104 cm³/mol. The summed E-state index contributed by atoms with van der Waals surface area (Å²) in [6, 6.07) is 9.78. The van der Waals surface area contributed by atoms with Gasteiger partial charge in [0, 0.05) is 5.69 Å². The van der Waals surface area contributed by atoms with Crippen LogP contribution in [0.3, 0.4) is 0 Å². The van der Waals surface area contributed by atoms with Gasteiger partial charge in [-0.2, -0.15) is 0 Å². The number of ether oxygens (including phenoxy) is 1. The molecule has 0 bridgehead atoms. The lowest BCUT2D eigenvalue weighted by atomic mass is 10.2. The van der Waals surface area contributed by atoms with Gasteiger partial charge in [0.1, 0.15) is 11.9 Å². The summed E-state index contributed by atoms with van der Waals surface area (Å²) in [7, 11) is -3.82. The fourth-order valence-corrected chi connectivity index (χ4v) is 3.76. The quantitative estimate of drug-likeness (QED) is 0.711. The van der Waals surface area contributed by atoms with Crippen molar-refractivity contribution in [3.63, 3.8) is 0 Å². The van der Waals surface area contributed by atoms with Gasteiger partial charge in [-0.05, 0) is 56.3 Å². The average molecular weight is 408 g/mol. The highest BCUT2D eigenvalue weighted by Gasteiger charge is 2.29. The van der Waals surface area contributed by atoms with E-state index in [4.69, 9.17) is 4.74 Å². The van der Waals surface area contributed by atoms with Gasteiger partial charge in [-0.1, -0.05) is 6.07 Å². The Morgan fingerprint density at radius 1 is 1.18 bits per heavy atom. The van der Waals surface area contributed by atoms with E-state index in [0.29, 0.717) is 5.69 Å². The minimum atomic E-state index is -3.82. The second-order valence-corrected chi connectivity index (χ2v) is 7.86. The number of sulfonamides is 1. The fourth-order valence-electron chi connectivity index (χ4n) is 2.58. The molecule has 0 aliphatic heterocycles. The van der Waals surface area contributed by atoms with Crippen LogP contribution in [-0.2, 0) is 19.6 Å². The van der Waals surface area contributed by atoms with Gasteiger partial charge < -0.3 is 10.1 Å². The van der Waals surface area contributed by atoms with Crippen molar-refractivity contribution in [2.45, 2.75) is 19.9 Å². The Balaban J connectivity index is 2.25. The summed E-state index contributed by atoms with van der Waals surface area (Å²) in [4.78, 5) is 24.5. The molecule has 0 aliphatic rings. The van der Waals surface area contributed by atoms with Crippen molar-refractivity contribution in [2.24, 2.45) is 0 Å². The van der Waals surface area contributed by atoms with Gasteiger partial charge in [0.2, 0.25) is 15.9 Å². The number of hydrogen-bond donors (Lipinski definition) is 1. The number of carbonyl (C=O) groups excluding carboxylic acids is 2. The Morgan fingerprint density at radius 3 is 2.39 bits per heavy atom. The number of esters is 1. The molecule has 0 saturated carbocycles. The Bertz CT molecular complexity index is 961. The summed E-state index contributed by atoms with van der Waals surface area (Å²) in [6.07, 6.45) is 0.960. The summed E-state index contributed by atoms with van der Waals surface area (Å²) < 4.78 is 43.4. The van der Waals surface area contributed by atoms with Gasteiger partial charge in [-0.25, -0.2) is 17.6 Å². The molecule has 7 nitrogen and oxygen atoms in total. The number of rotatable bonds is 7. The minimum absolute atomic E-state index is 0.159. The normalized spacial score (nSPS) is 12.1. The molecule has 0 aromatic heterocycles. The lowest BCUT2D eigenvalue weighted by molar-refractivity contribution is -0.116. The molecule has 0 heterocycles. The molecule has 150 valence electrons. The third-order valence-electron chi connectivity index (χ3n) is 3.81. The zero-order chi connectivity index (χ0) is 20.9. The van der Waals surface area contributed by atoms with Gasteiger partial charge in [0.05, 0.1) is 24.1 Å². The average Bonchev–Trinajstić information content (AvgIpc) is 2.62. The zero-order valence-corrected chi connectivity index (χ0v) is 16.5. The first-order valence-corrected chi connectivity index (χ1v) is 10.3. The van der Waals surface area contributed by atoms with Crippen LogP contribution in [0.2, 0.25) is 0 Å². The van der Waals surface area contributed by atoms with Crippen LogP contribution in [0.1, 0.15) is 24.2 Å². The summed E-state index contributed by atoms with van der Waals surface area (Å²) in [5.41, 5.74) is 0.729. The first-order chi connectivity index (χ1) is 13.1. The number of benzene rings is 2. The van der Waals surface area contributed by atoms with E-state index < -0.39 is 33.8 Å². The van der Waals surface area contributed by atoms with Crippen LogP contribution in [0.4, 0.5) is 15.8 Å². The van der Waals surface area contributed by atoms with Crippen molar-refractivity contribution in [1.29, 1.82) is 0 Å². The fraction of sp³-hybridized carbons (Fsp3) is 0.263. The smallest absolute Gasteiger partial charge is 0.338 e. The van der Waals surface area contributed by atoms with E-state index in [1.54, 1.807) is 25.1 Å². The topological polar surface area (TPSA) is 92.8 Å². The van der Waals surface area contributed by atoms with Crippen LogP contribution in [-0.4, -0.2) is 39.2 Å². The summed E-state index contributed by atoms with van der Waals surface area (Å²) in [5, 5.41) is 2.59. The minimum Gasteiger partial charge on any atom is -0.462 e. The Morgan fingerprint density at radius 2 is 1.82 bits per heavy atom. The monoisotopic (exact) mass is 408 g/mol. The van der Waals surface area contributed by atoms with Crippen molar-refractivity contribution >= 4 is 33.3 Å².